The van der Waals surface area contributed by atoms with Gasteiger partial charge in [-0.05, 0) is 28.0 Å². The smallest absolute Gasteiger partial charge is 0.254 e. The van der Waals surface area contributed by atoms with Crippen LogP contribution in [0.2, 0.25) is 0 Å². The van der Waals surface area contributed by atoms with Gasteiger partial charge in [0.25, 0.3) is 10.0 Å². The Kier molecular flexibility index (Phi) is 6.24. The quantitative estimate of drug-likeness (QED) is 0.287. The number of rotatable bonds is 6. The van der Waals surface area contributed by atoms with Crippen molar-refractivity contribution in [3.8, 4) is 0 Å². The zero-order chi connectivity index (χ0) is 25.4. The number of ether oxygens (including phenoxy) is 2. The van der Waals surface area contributed by atoms with Crippen molar-refractivity contribution in [2.75, 3.05) is 7.11 Å². The van der Waals surface area contributed by atoms with Crippen molar-refractivity contribution in [2.45, 2.75) is 23.5 Å². The second-order valence-corrected chi connectivity index (χ2v) is 10.6. The first kappa shape index (κ1) is 23.8. The third kappa shape index (κ3) is 4.31. The molecule has 5 aromatic rings. The van der Waals surface area contributed by atoms with Gasteiger partial charge in [-0.1, -0.05) is 109 Å². The largest absolute Gasteiger partial charge is 0.354 e. The Hall–Kier alpha value is -3.59. The molecule has 0 amide bonds. The maximum Gasteiger partial charge on any atom is 0.254 e. The molecule has 3 atom stereocenters. The number of fused-ring (bicyclic) bond motifs is 2. The normalized spacial score (nSPS) is 20.5. The SMILES string of the molecule is CO[C@@H]1O[C@@H](c2ccccc2)N(NS(=O)(=O)c2c3ccccc3cc3ccccc23)[C@H]1c1ccccc1. The van der Waals surface area contributed by atoms with Crippen molar-refractivity contribution in [3.63, 3.8) is 0 Å². The molecule has 7 heteroatoms. The van der Waals surface area contributed by atoms with E-state index < -0.39 is 28.6 Å². The number of benzene rings is 5. The van der Waals surface area contributed by atoms with Gasteiger partial charge in [-0.15, -0.1) is 4.83 Å². The van der Waals surface area contributed by atoms with Crippen molar-refractivity contribution >= 4 is 31.6 Å². The number of methoxy groups -OCH3 is 1. The van der Waals surface area contributed by atoms with Gasteiger partial charge in [0.1, 0.15) is 6.04 Å². The second kappa shape index (κ2) is 9.70. The molecule has 6 rings (SSSR count). The minimum absolute atomic E-state index is 0.237. The summed E-state index contributed by atoms with van der Waals surface area (Å²) in [5, 5.41) is 4.68. The molecular weight excluding hydrogens is 484 g/mol. The van der Waals surface area contributed by atoms with Crippen LogP contribution in [0.1, 0.15) is 23.4 Å². The van der Waals surface area contributed by atoms with E-state index in [1.807, 2.05) is 115 Å². The molecular formula is C30H26N2O4S. The van der Waals surface area contributed by atoms with E-state index in [-0.39, 0.29) is 4.90 Å². The third-order valence-corrected chi connectivity index (χ3v) is 8.18. The van der Waals surface area contributed by atoms with Gasteiger partial charge >= 0.3 is 0 Å². The molecule has 1 aliphatic rings. The molecule has 6 nitrogen and oxygen atoms in total. The van der Waals surface area contributed by atoms with Gasteiger partial charge < -0.3 is 9.47 Å². The van der Waals surface area contributed by atoms with Crippen LogP contribution in [-0.4, -0.2) is 26.8 Å². The first-order valence-corrected chi connectivity index (χ1v) is 13.5. The molecule has 1 N–H and O–H groups in total. The standard InChI is InChI=1S/C30H26N2O4S/c1-35-30-27(21-12-4-2-5-13-21)32(29(36-30)22-14-6-3-7-15-22)31-37(33,34)28-25-18-10-8-16-23(25)20-24-17-9-11-19-26(24)28/h2-20,27,29-31H,1H3/t27-,29-,30+/m0/s1. The van der Waals surface area contributed by atoms with Crippen LogP contribution < -0.4 is 4.83 Å². The molecule has 0 saturated carbocycles. The molecule has 1 saturated heterocycles. The molecule has 1 aliphatic heterocycles. The van der Waals surface area contributed by atoms with Gasteiger partial charge in [0.2, 0.25) is 0 Å². The molecule has 1 fully saturated rings. The summed E-state index contributed by atoms with van der Waals surface area (Å²) in [7, 11) is -2.50. The lowest BCUT2D eigenvalue weighted by atomic mass is 10.0. The number of nitrogens with zero attached hydrogens (tertiary/aromatic N) is 1. The van der Waals surface area contributed by atoms with Gasteiger partial charge in [-0.2, -0.15) is 5.01 Å². The lowest BCUT2D eigenvalue weighted by molar-refractivity contribution is -0.126. The van der Waals surface area contributed by atoms with Crippen LogP contribution in [0, 0.1) is 0 Å². The molecule has 0 radical (unpaired) electrons. The summed E-state index contributed by atoms with van der Waals surface area (Å²) in [6, 6.07) is 35.8. The molecule has 0 aliphatic carbocycles. The Labute approximate surface area is 216 Å². The fraction of sp³-hybridized carbons (Fsp3) is 0.133. The van der Waals surface area contributed by atoms with E-state index in [4.69, 9.17) is 9.47 Å². The van der Waals surface area contributed by atoms with Crippen LogP contribution in [0.4, 0.5) is 0 Å². The van der Waals surface area contributed by atoms with Crippen molar-refractivity contribution in [1.29, 1.82) is 0 Å². The maximum absolute atomic E-state index is 14.3. The number of sulfonamides is 1. The van der Waals surface area contributed by atoms with Crippen LogP contribution in [0.25, 0.3) is 21.5 Å². The molecule has 0 unspecified atom stereocenters. The van der Waals surface area contributed by atoms with Crippen LogP contribution >= 0.6 is 0 Å². The molecule has 0 bridgehead atoms. The van der Waals surface area contributed by atoms with E-state index in [2.05, 4.69) is 4.83 Å². The van der Waals surface area contributed by atoms with E-state index in [1.165, 1.54) is 0 Å². The van der Waals surface area contributed by atoms with Crippen LogP contribution in [0.15, 0.2) is 120 Å². The number of hydrogen-bond acceptors (Lipinski definition) is 5. The van der Waals surface area contributed by atoms with Gasteiger partial charge in [0.15, 0.2) is 12.5 Å². The lowest BCUT2D eigenvalue weighted by Crippen LogP contribution is -2.44. The highest BCUT2D eigenvalue weighted by Gasteiger charge is 2.46. The minimum Gasteiger partial charge on any atom is -0.354 e. The van der Waals surface area contributed by atoms with Gasteiger partial charge in [0, 0.05) is 17.9 Å². The summed E-state index contributed by atoms with van der Waals surface area (Å²) < 4.78 is 40.7. The summed E-state index contributed by atoms with van der Waals surface area (Å²) in [4.78, 5) is 3.15. The van der Waals surface area contributed by atoms with Crippen molar-refractivity contribution in [1.82, 2.24) is 9.84 Å². The van der Waals surface area contributed by atoms with E-state index in [0.29, 0.717) is 10.8 Å². The Morgan fingerprint density at radius 2 is 1.24 bits per heavy atom. The Morgan fingerprint density at radius 1 is 0.730 bits per heavy atom. The highest BCUT2D eigenvalue weighted by molar-refractivity contribution is 7.90. The summed E-state index contributed by atoms with van der Waals surface area (Å²) in [6.07, 6.45) is -1.40. The molecule has 0 aromatic heterocycles. The molecule has 1 heterocycles. The monoisotopic (exact) mass is 510 g/mol. The van der Waals surface area contributed by atoms with E-state index in [9.17, 15) is 8.42 Å². The van der Waals surface area contributed by atoms with E-state index >= 15 is 0 Å². The highest BCUT2D eigenvalue weighted by atomic mass is 32.2. The predicted molar refractivity (Wildman–Crippen MR) is 144 cm³/mol. The predicted octanol–water partition coefficient (Wildman–Crippen LogP) is 5.93. The van der Waals surface area contributed by atoms with Gasteiger partial charge in [-0.3, -0.25) is 0 Å². The summed E-state index contributed by atoms with van der Waals surface area (Å²) in [5.41, 5.74) is 1.69. The Bertz CT molecular complexity index is 1610. The van der Waals surface area contributed by atoms with E-state index in [0.717, 1.165) is 21.9 Å². The van der Waals surface area contributed by atoms with Gasteiger partial charge in [-0.25, -0.2) is 8.42 Å². The highest BCUT2D eigenvalue weighted by Crippen LogP contribution is 2.43. The van der Waals surface area contributed by atoms with Crippen molar-refractivity contribution in [2.24, 2.45) is 0 Å². The molecule has 5 aromatic carbocycles. The first-order chi connectivity index (χ1) is 18.1. The molecule has 186 valence electrons. The van der Waals surface area contributed by atoms with E-state index in [1.54, 1.807) is 12.1 Å². The fourth-order valence-corrected chi connectivity index (χ4v) is 6.63. The number of hydrazine groups is 1. The summed E-state index contributed by atoms with van der Waals surface area (Å²) in [6.45, 7) is 0. The fourth-order valence-electron chi connectivity index (χ4n) is 5.10. The summed E-state index contributed by atoms with van der Waals surface area (Å²) in [5.74, 6) is 0. The molecule has 37 heavy (non-hydrogen) atoms. The zero-order valence-electron chi connectivity index (χ0n) is 20.2. The van der Waals surface area contributed by atoms with Crippen molar-refractivity contribution < 1.29 is 17.9 Å². The van der Waals surface area contributed by atoms with Crippen LogP contribution in [0.3, 0.4) is 0 Å². The van der Waals surface area contributed by atoms with Crippen LogP contribution in [0.5, 0.6) is 0 Å². The zero-order valence-corrected chi connectivity index (χ0v) is 21.0. The number of hydrogen-bond donors (Lipinski definition) is 1. The molecule has 0 spiro atoms. The van der Waals surface area contributed by atoms with Crippen molar-refractivity contribution in [3.05, 3.63) is 126 Å². The maximum atomic E-state index is 14.3. The van der Waals surface area contributed by atoms with Gasteiger partial charge in [0.05, 0.1) is 4.90 Å². The Morgan fingerprint density at radius 3 is 1.81 bits per heavy atom. The van der Waals surface area contributed by atoms with Crippen LogP contribution in [-0.2, 0) is 19.5 Å². The summed E-state index contributed by atoms with van der Waals surface area (Å²) >= 11 is 0. The minimum atomic E-state index is -4.07. The topological polar surface area (TPSA) is 67.9 Å². The number of nitrogens with one attached hydrogen (secondary N) is 1. The average Bonchev–Trinajstić information content (AvgIpc) is 3.30. The first-order valence-electron chi connectivity index (χ1n) is 12.1. The Balaban J connectivity index is 1.53. The third-order valence-electron chi connectivity index (χ3n) is 6.75. The average molecular weight is 511 g/mol. The lowest BCUT2D eigenvalue weighted by Gasteiger charge is -2.29. The second-order valence-electron chi connectivity index (χ2n) is 9.01.